The first-order valence-corrected chi connectivity index (χ1v) is 14.7. The fourth-order valence-electron chi connectivity index (χ4n) is 4.86. The Morgan fingerprint density at radius 3 is 2.50 bits per heavy atom. The van der Waals surface area contributed by atoms with Crippen molar-refractivity contribution in [3.05, 3.63) is 64.8 Å². The lowest BCUT2D eigenvalue weighted by molar-refractivity contribution is -0.123. The first-order chi connectivity index (χ1) is 19.0. The van der Waals surface area contributed by atoms with Gasteiger partial charge in [0.25, 0.3) is 0 Å². The van der Waals surface area contributed by atoms with Gasteiger partial charge in [-0.2, -0.15) is 5.10 Å². The number of nitrogens with one attached hydrogen (secondary N) is 1. The molecule has 0 saturated carbocycles. The summed E-state index contributed by atoms with van der Waals surface area (Å²) in [6.45, 7) is 12.3. The molecule has 214 valence electrons. The second-order valence-corrected chi connectivity index (χ2v) is 12.3. The number of carbonyl (C=O) groups excluding carboxylic acids is 2. The number of nitrogens with zero attached hydrogens (tertiary/aromatic N) is 3. The molecule has 8 nitrogen and oxygen atoms in total. The molecule has 3 aromatic rings. The van der Waals surface area contributed by atoms with E-state index in [1.54, 1.807) is 19.1 Å². The number of aromatic nitrogens is 2. The summed E-state index contributed by atoms with van der Waals surface area (Å²) in [7, 11) is 3.23. The Balaban J connectivity index is 2.00. The van der Waals surface area contributed by atoms with Gasteiger partial charge in [0.05, 0.1) is 36.6 Å². The van der Waals surface area contributed by atoms with E-state index in [1.165, 1.54) is 11.8 Å². The molecule has 2 atom stereocenters. The Labute approximate surface area is 241 Å². The van der Waals surface area contributed by atoms with Crippen molar-refractivity contribution in [2.24, 2.45) is 0 Å². The average Bonchev–Trinajstić information content (AvgIpc) is 3.26. The normalized spacial score (nSPS) is 16.2. The molecule has 2 amide bonds. The lowest BCUT2D eigenvalue weighted by Gasteiger charge is -2.25. The minimum atomic E-state index is -0.341. The summed E-state index contributed by atoms with van der Waals surface area (Å²) in [6, 6.07) is 13.9. The van der Waals surface area contributed by atoms with Crippen molar-refractivity contribution in [1.82, 2.24) is 15.1 Å². The molecule has 4 rings (SSSR count). The van der Waals surface area contributed by atoms with Crippen LogP contribution in [-0.4, -0.2) is 54.2 Å². The zero-order valence-corrected chi connectivity index (χ0v) is 25.5. The van der Waals surface area contributed by atoms with E-state index in [9.17, 15) is 9.59 Å². The monoisotopic (exact) mass is 564 g/mol. The fourth-order valence-corrected chi connectivity index (χ4v) is 6.05. The molecule has 1 aromatic heterocycles. The van der Waals surface area contributed by atoms with Crippen LogP contribution in [0.15, 0.2) is 42.5 Å². The maximum absolute atomic E-state index is 13.8. The lowest BCUT2D eigenvalue weighted by Crippen LogP contribution is -2.44. The van der Waals surface area contributed by atoms with Crippen LogP contribution in [-0.2, 0) is 15.0 Å². The van der Waals surface area contributed by atoms with Crippen LogP contribution in [0.25, 0.3) is 5.69 Å². The van der Waals surface area contributed by atoms with Crippen molar-refractivity contribution in [3.63, 3.8) is 0 Å². The van der Waals surface area contributed by atoms with Gasteiger partial charge in [0.1, 0.15) is 12.4 Å². The van der Waals surface area contributed by atoms with Gasteiger partial charge in [-0.05, 0) is 55.7 Å². The number of ether oxygens (including phenoxy) is 2. The van der Waals surface area contributed by atoms with Crippen LogP contribution in [0.2, 0.25) is 0 Å². The average molecular weight is 565 g/mol. The number of anilines is 1. The molecule has 0 saturated heterocycles. The maximum Gasteiger partial charge on any atom is 0.240 e. The molecule has 2 aromatic carbocycles. The smallest absolute Gasteiger partial charge is 0.240 e. The van der Waals surface area contributed by atoms with Gasteiger partial charge < -0.3 is 14.8 Å². The van der Waals surface area contributed by atoms with Crippen molar-refractivity contribution in [2.45, 2.75) is 64.7 Å². The molecule has 0 spiro atoms. The zero-order chi connectivity index (χ0) is 29.2. The van der Waals surface area contributed by atoms with Gasteiger partial charge in [-0.25, -0.2) is 4.68 Å². The first-order valence-electron chi connectivity index (χ1n) is 13.6. The second-order valence-electron chi connectivity index (χ2n) is 11.2. The molecule has 9 heteroatoms. The molecule has 40 heavy (non-hydrogen) atoms. The quantitative estimate of drug-likeness (QED) is 0.385. The molecular weight excluding hydrogens is 524 g/mol. The maximum atomic E-state index is 13.8. The highest BCUT2D eigenvalue weighted by Crippen LogP contribution is 2.49. The van der Waals surface area contributed by atoms with Gasteiger partial charge >= 0.3 is 0 Å². The third kappa shape index (κ3) is 5.99. The minimum absolute atomic E-state index is 0.00903. The molecule has 2 heterocycles. The predicted molar refractivity (Wildman–Crippen MR) is 161 cm³/mol. The number of rotatable bonds is 8. The Hall–Kier alpha value is -3.46. The number of hydrogen-bond acceptors (Lipinski definition) is 6. The van der Waals surface area contributed by atoms with Crippen LogP contribution in [0.3, 0.4) is 0 Å². The van der Waals surface area contributed by atoms with Crippen molar-refractivity contribution in [2.75, 3.05) is 31.4 Å². The van der Waals surface area contributed by atoms with Gasteiger partial charge in [-0.15, -0.1) is 11.8 Å². The van der Waals surface area contributed by atoms with Gasteiger partial charge in [0, 0.05) is 17.0 Å². The van der Waals surface area contributed by atoms with Crippen LogP contribution in [0.4, 0.5) is 5.82 Å². The van der Waals surface area contributed by atoms with Gasteiger partial charge in [0.15, 0.2) is 11.5 Å². The number of amides is 2. The van der Waals surface area contributed by atoms with Crippen molar-refractivity contribution < 1.29 is 19.1 Å². The molecular formula is C31H40N4O4S. The largest absolute Gasteiger partial charge is 0.493 e. The van der Waals surface area contributed by atoms with Crippen molar-refractivity contribution in [1.29, 1.82) is 0 Å². The van der Waals surface area contributed by atoms with E-state index >= 15 is 0 Å². The molecule has 0 bridgehead atoms. The van der Waals surface area contributed by atoms with E-state index in [4.69, 9.17) is 14.6 Å². The van der Waals surface area contributed by atoms with Gasteiger partial charge in [-0.1, -0.05) is 45.9 Å². The number of aryl methyl sites for hydroxylation is 1. The molecule has 1 aliphatic heterocycles. The summed E-state index contributed by atoms with van der Waals surface area (Å²) in [5.74, 6) is 1.76. The number of fused-ring (bicyclic) bond motifs is 1. The molecule has 0 unspecified atom stereocenters. The SMILES string of the molecule is CC[C@@H](C)NC(=O)CN1C(=O)CS[C@H](c2ccc(OC)c(OC)c2)c2c(C(C)(C)C)nn(-c3cccc(C)c3)c21. The summed E-state index contributed by atoms with van der Waals surface area (Å²) in [5, 5.41) is 7.96. The third-order valence-electron chi connectivity index (χ3n) is 7.08. The minimum Gasteiger partial charge on any atom is -0.493 e. The zero-order valence-electron chi connectivity index (χ0n) is 24.7. The predicted octanol–water partition coefficient (Wildman–Crippen LogP) is 5.58. The summed E-state index contributed by atoms with van der Waals surface area (Å²) in [5.41, 5.74) is 4.34. The van der Waals surface area contributed by atoms with E-state index < -0.39 is 0 Å². The molecule has 1 N–H and O–H groups in total. The Bertz CT molecular complexity index is 1390. The molecule has 0 fully saturated rings. The third-order valence-corrected chi connectivity index (χ3v) is 8.33. The highest BCUT2D eigenvalue weighted by Gasteiger charge is 2.40. The van der Waals surface area contributed by atoms with Crippen LogP contribution < -0.4 is 19.7 Å². The number of thioether (sulfide) groups is 1. The van der Waals surface area contributed by atoms with E-state index in [0.29, 0.717) is 17.3 Å². The van der Waals surface area contributed by atoms with E-state index in [1.807, 2.05) is 67.9 Å². The van der Waals surface area contributed by atoms with E-state index in [-0.39, 0.29) is 40.8 Å². The Kier molecular flexibility index (Phi) is 8.83. The summed E-state index contributed by atoms with van der Waals surface area (Å²) in [4.78, 5) is 28.6. The highest BCUT2D eigenvalue weighted by atomic mass is 32.2. The van der Waals surface area contributed by atoms with Crippen molar-refractivity contribution in [3.8, 4) is 17.2 Å². The van der Waals surface area contributed by atoms with Gasteiger partial charge in [-0.3, -0.25) is 14.5 Å². The van der Waals surface area contributed by atoms with Crippen LogP contribution in [0, 0.1) is 6.92 Å². The second kappa shape index (κ2) is 12.0. The summed E-state index contributed by atoms with van der Waals surface area (Å²) >= 11 is 1.54. The molecule has 1 aliphatic rings. The fraction of sp³-hybridized carbons (Fsp3) is 0.452. The number of benzene rings is 2. The Morgan fingerprint density at radius 1 is 1.15 bits per heavy atom. The summed E-state index contributed by atoms with van der Waals surface area (Å²) in [6.07, 6.45) is 0.803. The summed E-state index contributed by atoms with van der Waals surface area (Å²) < 4.78 is 13.0. The van der Waals surface area contributed by atoms with Crippen LogP contribution in [0.5, 0.6) is 11.5 Å². The first kappa shape index (κ1) is 29.5. The van der Waals surface area contributed by atoms with E-state index in [2.05, 4.69) is 26.1 Å². The number of methoxy groups -OCH3 is 2. The highest BCUT2D eigenvalue weighted by molar-refractivity contribution is 8.00. The van der Waals surface area contributed by atoms with Crippen molar-refractivity contribution >= 4 is 29.4 Å². The standard InChI is InChI=1S/C31H40N4O4S/c1-9-20(3)32-25(36)17-34-26(37)18-40-28(21-13-14-23(38-7)24(16-21)39-8)27-29(31(4,5)6)33-35(30(27)34)22-12-10-11-19(2)15-22/h10-16,20,28H,9,17-18H2,1-8H3,(H,32,36)/t20-,28-/m1/s1. The van der Waals surface area contributed by atoms with Crippen LogP contribution in [0.1, 0.15) is 68.7 Å². The van der Waals surface area contributed by atoms with E-state index in [0.717, 1.165) is 34.5 Å². The number of hydrogen-bond donors (Lipinski definition) is 1. The Morgan fingerprint density at radius 2 is 1.88 bits per heavy atom. The molecule has 0 radical (unpaired) electrons. The molecule has 0 aliphatic carbocycles. The lowest BCUT2D eigenvalue weighted by atomic mass is 9.87. The topological polar surface area (TPSA) is 85.7 Å². The van der Waals surface area contributed by atoms with Gasteiger partial charge in [0.2, 0.25) is 11.8 Å². The number of carbonyl (C=O) groups is 2. The van der Waals surface area contributed by atoms with Crippen LogP contribution >= 0.6 is 11.8 Å².